The average Bonchev–Trinajstić information content (AvgIpc) is 2.82. The normalized spacial score (nSPS) is 20.3. The van der Waals surface area contributed by atoms with Gasteiger partial charge in [-0.3, -0.25) is 15.7 Å². The van der Waals surface area contributed by atoms with Gasteiger partial charge in [0.05, 0.1) is 11.2 Å². The first kappa shape index (κ1) is 21.0. The van der Waals surface area contributed by atoms with Crippen molar-refractivity contribution in [1.82, 2.24) is 10.5 Å². The Kier molecular flexibility index (Phi) is 6.29. The van der Waals surface area contributed by atoms with Crippen molar-refractivity contribution in [2.24, 2.45) is 16.8 Å². The van der Waals surface area contributed by atoms with E-state index in [1.54, 1.807) is 12.1 Å². The van der Waals surface area contributed by atoms with Crippen molar-refractivity contribution in [2.75, 3.05) is 0 Å². The van der Waals surface area contributed by atoms with Gasteiger partial charge in [-0.1, -0.05) is 12.8 Å². The molecular weight excluding hydrogens is 389 g/mol. The molecule has 0 bridgehead atoms. The highest BCUT2D eigenvalue weighted by Crippen LogP contribution is 2.41. The molecule has 158 valence electrons. The van der Waals surface area contributed by atoms with Crippen LogP contribution in [0.1, 0.15) is 49.7 Å². The highest BCUT2D eigenvalue weighted by atomic mass is 19.1. The van der Waals surface area contributed by atoms with Crippen molar-refractivity contribution in [2.45, 2.75) is 38.5 Å². The lowest BCUT2D eigenvalue weighted by atomic mass is 9.73. The first-order valence-corrected chi connectivity index (χ1v) is 10.7. The number of aliphatic imine (C=N–C) groups is 1. The van der Waals surface area contributed by atoms with Gasteiger partial charge in [-0.2, -0.15) is 0 Å². The number of terminal acetylenes is 1. The maximum absolute atomic E-state index is 13.8. The average molecular weight is 416 g/mol. The van der Waals surface area contributed by atoms with Crippen LogP contribution in [0.3, 0.4) is 0 Å². The second-order valence-corrected chi connectivity index (χ2v) is 8.26. The number of aromatic nitrogens is 1. The summed E-state index contributed by atoms with van der Waals surface area (Å²) in [5.74, 6) is 3.80. The van der Waals surface area contributed by atoms with E-state index in [-0.39, 0.29) is 11.7 Å². The minimum atomic E-state index is -0.228. The molecular formula is C26H26FN3O. The second kappa shape index (κ2) is 9.28. The van der Waals surface area contributed by atoms with Gasteiger partial charge in [0.15, 0.2) is 0 Å². The third-order valence-electron chi connectivity index (χ3n) is 6.49. The molecule has 1 aliphatic carbocycles. The highest BCUT2D eigenvalue weighted by molar-refractivity contribution is 5.86. The summed E-state index contributed by atoms with van der Waals surface area (Å²) >= 11 is 0. The third-order valence-corrected chi connectivity index (χ3v) is 6.49. The summed E-state index contributed by atoms with van der Waals surface area (Å²) < 4.78 is 13.8. The van der Waals surface area contributed by atoms with Crippen LogP contribution in [0.4, 0.5) is 10.1 Å². The van der Waals surface area contributed by atoms with E-state index >= 15 is 0 Å². The van der Waals surface area contributed by atoms with Gasteiger partial charge in [-0.25, -0.2) is 9.38 Å². The molecule has 4 rings (SSSR count). The van der Waals surface area contributed by atoms with E-state index in [0.717, 1.165) is 47.8 Å². The molecule has 1 fully saturated rings. The lowest BCUT2D eigenvalue weighted by molar-refractivity contribution is 0.213. The Morgan fingerprint density at radius 1 is 1.16 bits per heavy atom. The highest BCUT2D eigenvalue weighted by Gasteiger charge is 2.29. The number of pyridine rings is 1. The molecule has 0 unspecified atom stereocenters. The fourth-order valence-corrected chi connectivity index (χ4v) is 4.65. The van der Waals surface area contributed by atoms with Crippen LogP contribution < -0.4 is 5.48 Å². The minimum Gasteiger partial charge on any atom is -0.290 e. The van der Waals surface area contributed by atoms with E-state index in [2.05, 4.69) is 28.3 Å². The van der Waals surface area contributed by atoms with Crippen LogP contribution >= 0.6 is 0 Å². The molecule has 3 aromatic rings. The number of hydrogen-bond donors (Lipinski definition) is 2. The molecule has 0 radical (unpaired) electrons. The maximum atomic E-state index is 13.8. The SMILES string of the molecule is C#Cc1ccc(N=C(NO)[C@H](C)C2CCC(c3ccnc4ccc(F)cc34)CC2)cc1. The van der Waals surface area contributed by atoms with Gasteiger partial charge in [0, 0.05) is 23.1 Å². The Labute approximate surface area is 182 Å². The fourth-order valence-electron chi connectivity index (χ4n) is 4.65. The number of benzene rings is 2. The number of amidine groups is 1. The summed E-state index contributed by atoms with van der Waals surface area (Å²) in [6.07, 6.45) is 11.3. The summed E-state index contributed by atoms with van der Waals surface area (Å²) in [5.41, 5.74) is 5.88. The molecule has 1 atom stereocenters. The van der Waals surface area contributed by atoms with Gasteiger partial charge in [0.25, 0.3) is 0 Å². The van der Waals surface area contributed by atoms with E-state index in [1.165, 1.54) is 11.6 Å². The monoisotopic (exact) mass is 415 g/mol. The molecule has 2 aromatic carbocycles. The first-order valence-electron chi connectivity index (χ1n) is 10.7. The van der Waals surface area contributed by atoms with Crippen molar-refractivity contribution in [3.05, 3.63) is 71.7 Å². The smallest absolute Gasteiger partial charge is 0.129 e. The lowest BCUT2D eigenvalue weighted by Crippen LogP contribution is -2.33. The van der Waals surface area contributed by atoms with Crippen LogP contribution in [-0.4, -0.2) is 16.0 Å². The molecule has 1 saturated carbocycles. The van der Waals surface area contributed by atoms with E-state index in [1.807, 2.05) is 36.5 Å². The molecule has 2 N–H and O–H groups in total. The summed E-state index contributed by atoms with van der Waals surface area (Å²) in [5, 5.41) is 10.6. The fraction of sp³-hybridized carbons (Fsp3) is 0.308. The Morgan fingerprint density at radius 2 is 1.90 bits per heavy atom. The molecule has 31 heavy (non-hydrogen) atoms. The molecule has 1 aliphatic rings. The van der Waals surface area contributed by atoms with Crippen LogP contribution in [0, 0.1) is 30.0 Å². The number of fused-ring (bicyclic) bond motifs is 1. The number of rotatable bonds is 4. The largest absolute Gasteiger partial charge is 0.290 e. The van der Waals surface area contributed by atoms with Gasteiger partial charge in [0.1, 0.15) is 11.7 Å². The molecule has 0 saturated heterocycles. The van der Waals surface area contributed by atoms with Gasteiger partial charge in [-0.15, -0.1) is 6.42 Å². The van der Waals surface area contributed by atoms with Crippen LogP contribution in [0.5, 0.6) is 0 Å². The second-order valence-electron chi connectivity index (χ2n) is 8.26. The van der Waals surface area contributed by atoms with E-state index in [0.29, 0.717) is 17.7 Å². The summed E-state index contributed by atoms with van der Waals surface area (Å²) in [7, 11) is 0. The summed E-state index contributed by atoms with van der Waals surface area (Å²) in [6, 6.07) is 14.2. The standard InChI is InChI=1S/C26H26FN3O/c1-3-18-4-11-22(12-5-18)29-26(30-31)17(2)19-6-8-20(9-7-19)23-14-15-28-25-13-10-21(27)16-24(23)25/h1,4-5,10-17,19-20,31H,6-9H2,2H3,(H,29,30)/t17-,19?,20?/m1/s1. The molecule has 1 aromatic heterocycles. The topological polar surface area (TPSA) is 57.5 Å². The lowest BCUT2D eigenvalue weighted by Gasteiger charge is -2.33. The van der Waals surface area contributed by atoms with Crippen LogP contribution in [0.15, 0.2) is 59.7 Å². The van der Waals surface area contributed by atoms with Crippen molar-refractivity contribution in [1.29, 1.82) is 0 Å². The molecule has 0 spiro atoms. The number of nitrogens with zero attached hydrogens (tertiary/aromatic N) is 2. The van der Waals surface area contributed by atoms with Crippen molar-refractivity contribution >= 4 is 22.4 Å². The zero-order chi connectivity index (χ0) is 21.8. The van der Waals surface area contributed by atoms with Gasteiger partial charge < -0.3 is 0 Å². The van der Waals surface area contributed by atoms with Crippen LogP contribution in [0.25, 0.3) is 10.9 Å². The summed E-state index contributed by atoms with van der Waals surface area (Å²) in [6.45, 7) is 2.10. The minimum absolute atomic E-state index is 0.0879. The van der Waals surface area contributed by atoms with Crippen LogP contribution in [0.2, 0.25) is 0 Å². The zero-order valence-electron chi connectivity index (χ0n) is 17.6. The van der Waals surface area contributed by atoms with Crippen molar-refractivity contribution in [3.8, 4) is 12.3 Å². The van der Waals surface area contributed by atoms with Gasteiger partial charge in [0.2, 0.25) is 0 Å². The quantitative estimate of drug-likeness (QED) is 0.239. The third kappa shape index (κ3) is 4.60. The van der Waals surface area contributed by atoms with E-state index in [9.17, 15) is 9.60 Å². The Balaban J connectivity index is 1.47. The predicted octanol–water partition coefficient (Wildman–Crippen LogP) is 5.97. The number of hydrogen-bond acceptors (Lipinski definition) is 3. The van der Waals surface area contributed by atoms with Gasteiger partial charge in [-0.05, 0) is 91.6 Å². The van der Waals surface area contributed by atoms with Crippen molar-refractivity contribution < 1.29 is 9.60 Å². The molecule has 0 amide bonds. The number of hydroxylamine groups is 1. The Hall–Kier alpha value is -3.23. The maximum Gasteiger partial charge on any atom is 0.129 e. The van der Waals surface area contributed by atoms with Crippen LogP contribution in [-0.2, 0) is 0 Å². The Morgan fingerprint density at radius 3 is 2.58 bits per heavy atom. The first-order chi connectivity index (χ1) is 15.1. The van der Waals surface area contributed by atoms with Gasteiger partial charge >= 0.3 is 0 Å². The van der Waals surface area contributed by atoms with Crippen molar-refractivity contribution in [3.63, 3.8) is 0 Å². The molecule has 4 nitrogen and oxygen atoms in total. The van der Waals surface area contributed by atoms with E-state index in [4.69, 9.17) is 6.42 Å². The summed E-state index contributed by atoms with van der Waals surface area (Å²) in [4.78, 5) is 8.97. The molecule has 1 heterocycles. The van der Waals surface area contributed by atoms with E-state index < -0.39 is 0 Å². The molecule has 5 heteroatoms. The molecule has 0 aliphatic heterocycles. The zero-order valence-corrected chi connectivity index (χ0v) is 17.6. The number of nitrogens with one attached hydrogen (secondary N) is 1. The number of halogens is 1. The predicted molar refractivity (Wildman–Crippen MR) is 122 cm³/mol. The Bertz CT molecular complexity index is 1130.